The van der Waals surface area contributed by atoms with Gasteiger partial charge in [-0.2, -0.15) is 0 Å². The molecule has 2 aromatic rings. The van der Waals surface area contributed by atoms with Gasteiger partial charge in [0.2, 0.25) is 5.91 Å². The smallest absolute Gasteiger partial charge is 0.222 e. The van der Waals surface area contributed by atoms with E-state index in [1.807, 2.05) is 24.3 Å². The molecule has 23 heavy (non-hydrogen) atoms. The fourth-order valence-corrected chi connectivity index (χ4v) is 3.61. The molecule has 0 aliphatic rings. The molecular weight excluding hydrogens is 316 g/mol. The molecule has 126 valence electrons. The van der Waals surface area contributed by atoms with Gasteiger partial charge in [0.1, 0.15) is 15.4 Å². The molecule has 0 saturated carbocycles. The fraction of sp³-hybridized carbons (Fsp3) is 0.500. The molecule has 1 amide bonds. The molecule has 2 rings (SSSR count). The third-order valence-corrected chi connectivity index (χ3v) is 5.35. The Morgan fingerprint density at radius 3 is 2.57 bits per heavy atom. The maximum Gasteiger partial charge on any atom is 0.222 e. The van der Waals surface area contributed by atoms with E-state index in [0.29, 0.717) is 30.7 Å². The molecule has 1 aromatic carbocycles. The molecule has 0 fully saturated rings. The number of rotatable bonds is 8. The first-order chi connectivity index (χ1) is 10.9. The van der Waals surface area contributed by atoms with Gasteiger partial charge in [-0.25, -0.2) is 13.4 Å². The average Bonchev–Trinajstić information content (AvgIpc) is 2.89. The van der Waals surface area contributed by atoms with E-state index in [1.54, 1.807) is 14.1 Å². The van der Waals surface area contributed by atoms with Gasteiger partial charge in [-0.15, -0.1) is 0 Å². The van der Waals surface area contributed by atoms with Crippen LogP contribution in [-0.4, -0.2) is 49.8 Å². The van der Waals surface area contributed by atoms with Crippen LogP contribution in [0.5, 0.6) is 0 Å². The van der Waals surface area contributed by atoms with E-state index < -0.39 is 9.84 Å². The number of carbonyl (C=O) groups excluding carboxylic acids is 1. The molecule has 0 unspecified atom stereocenters. The molecule has 0 atom stereocenters. The number of hydrogen-bond donors (Lipinski definition) is 0. The molecule has 7 heteroatoms. The second-order valence-electron chi connectivity index (χ2n) is 5.72. The number of para-hydroxylation sites is 2. The molecule has 0 aliphatic heterocycles. The van der Waals surface area contributed by atoms with Crippen LogP contribution >= 0.6 is 0 Å². The lowest BCUT2D eigenvalue weighted by Gasteiger charge is -2.09. The molecule has 0 spiro atoms. The van der Waals surface area contributed by atoms with Gasteiger partial charge in [0, 0.05) is 26.9 Å². The van der Waals surface area contributed by atoms with Gasteiger partial charge in [-0.1, -0.05) is 12.1 Å². The summed E-state index contributed by atoms with van der Waals surface area (Å²) in [5, 5.41) is 0. The van der Waals surface area contributed by atoms with Crippen molar-refractivity contribution in [3.8, 4) is 0 Å². The first-order valence-corrected chi connectivity index (χ1v) is 9.44. The molecule has 0 radical (unpaired) electrons. The predicted molar refractivity (Wildman–Crippen MR) is 88.9 cm³/mol. The SMILES string of the molecule is CN(C)C(=O)CCCS(=O)(=O)CCCc1nc2ccccc2o1. The normalized spacial score (nSPS) is 11.7. The monoisotopic (exact) mass is 338 g/mol. The van der Waals surface area contributed by atoms with Gasteiger partial charge in [0.25, 0.3) is 0 Å². The Kier molecular flexibility index (Phi) is 5.76. The highest BCUT2D eigenvalue weighted by Gasteiger charge is 2.14. The molecular formula is C16H22N2O4S. The van der Waals surface area contributed by atoms with Gasteiger partial charge in [0.05, 0.1) is 11.5 Å². The summed E-state index contributed by atoms with van der Waals surface area (Å²) in [6.07, 6.45) is 1.58. The zero-order valence-corrected chi connectivity index (χ0v) is 14.3. The minimum atomic E-state index is -3.14. The summed E-state index contributed by atoms with van der Waals surface area (Å²) < 4.78 is 29.5. The number of amides is 1. The van der Waals surface area contributed by atoms with Crippen LogP contribution in [0.2, 0.25) is 0 Å². The summed E-state index contributed by atoms with van der Waals surface area (Å²) in [6.45, 7) is 0. The number of aromatic nitrogens is 1. The minimum Gasteiger partial charge on any atom is -0.441 e. The van der Waals surface area contributed by atoms with Crippen LogP contribution in [0.25, 0.3) is 11.1 Å². The summed E-state index contributed by atoms with van der Waals surface area (Å²) in [5.41, 5.74) is 1.50. The molecule has 0 bridgehead atoms. The minimum absolute atomic E-state index is 0.0418. The lowest BCUT2D eigenvalue weighted by molar-refractivity contribution is -0.128. The maximum atomic E-state index is 12.0. The number of benzene rings is 1. The van der Waals surface area contributed by atoms with Crippen LogP contribution in [0.15, 0.2) is 28.7 Å². The lowest BCUT2D eigenvalue weighted by atomic mass is 10.3. The standard InChI is InChI=1S/C16H22N2O4S/c1-18(2)16(19)10-6-12-23(20,21)11-5-9-15-17-13-7-3-4-8-14(13)22-15/h3-4,7-8H,5-6,9-12H2,1-2H3. The molecule has 0 aliphatic carbocycles. The van der Waals surface area contributed by atoms with E-state index in [-0.39, 0.29) is 23.8 Å². The molecule has 1 aromatic heterocycles. The Morgan fingerprint density at radius 1 is 1.17 bits per heavy atom. The number of nitrogens with zero attached hydrogens (tertiary/aromatic N) is 2. The van der Waals surface area contributed by atoms with Crippen LogP contribution in [0.3, 0.4) is 0 Å². The zero-order valence-electron chi connectivity index (χ0n) is 13.5. The largest absolute Gasteiger partial charge is 0.441 e. The quantitative estimate of drug-likeness (QED) is 0.736. The van der Waals surface area contributed by atoms with Crippen LogP contribution in [0.4, 0.5) is 0 Å². The lowest BCUT2D eigenvalue weighted by Crippen LogP contribution is -2.22. The number of sulfone groups is 1. The van der Waals surface area contributed by atoms with Crippen LogP contribution in [0.1, 0.15) is 25.2 Å². The van der Waals surface area contributed by atoms with Gasteiger partial charge in [-0.05, 0) is 25.0 Å². The van der Waals surface area contributed by atoms with Crippen molar-refractivity contribution in [1.29, 1.82) is 0 Å². The highest BCUT2D eigenvalue weighted by Crippen LogP contribution is 2.16. The number of oxazole rings is 1. The van der Waals surface area contributed by atoms with Crippen LogP contribution in [-0.2, 0) is 21.1 Å². The first-order valence-electron chi connectivity index (χ1n) is 7.62. The summed E-state index contributed by atoms with van der Waals surface area (Å²) in [7, 11) is 0.184. The Balaban J connectivity index is 1.77. The zero-order chi connectivity index (χ0) is 16.9. The molecule has 0 saturated heterocycles. The van der Waals surface area contributed by atoms with E-state index in [1.165, 1.54) is 4.90 Å². The Morgan fingerprint density at radius 2 is 1.87 bits per heavy atom. The van der Waals surface area contributed by atoms with Crippen molar-refractivity contribution >= 4 is 26.8 Å². The van der Waals surface area contributed by atoms with E-state index in [4.69, 9.17) is 4.42 Å². The third kappa shape index (κ3) is 5.35. The predicted octanol–water partition coefficient (Wildman–Crippen LogP) is 2.04. The summed E-state index contributed by atoms with van der Waals surface area (Å²) in [6, 6.07) is 7.45. The van der Waals surface area contributed by atoms with Gasteiger partial charge in [-0.3, -0.25) is 4.79 Å². The summed E-state index contributed by atoms with van der Waals surface area (Å²) >= 11 is 0. The van der Waals surface area contributed by atoms with Crippen molar-refractivity contribution in [1.82, 2.24) is 9.88 Å². The number of hydrogen-bond acceptors (Lipinski definition) is 5. The Bertz CT molecular complexity index is 732. The van der Waals surface area contributed by atoms with E-state index in [9.17, 15) is 13.2 Å². The average molecular weight is 338 g/mol. The van der Waals surface area contributed by atoms with E-state index in [2.05, 4.69) is 4.98 Å². The first kappa shape index (κ1) is 17.5. The number of fused-ring (bicyclic) bond motifs is 1. The second-order valence-corrected chi connectivity index (χ2v) is 8.03. The van der Waals surface area contributed by atoms with Crippen molar-refractivity contribution in [3.63, 3.8) is 0 Å². The Labute approximate surface area is 136 Å². The molecule has 1 heterocycles. The highest BCUT2D eigenvalue weighted by molar-refractivity contribution is 7.91. The van der Waals surface area contributed by atoms with Gasteiger partial charge < -0.3 is 9.32 Å². The second kappa shape index (κ2) is 7.59. The van der Waals surface area contributed by atoms with E-state index >= 15 is 0 Å². The van der Waals surface area contributed by atoms with Crippen molar-refractivity contribution in [2.45, 2.75) is 25.7 Å². The fourth-order valence-electron chi connectivity index (χ4n) is 2.24. The summed E-state index contributed by atoms with van der Waals surface area (Å²) in [4.78, 5) is 17.2. The van der Waals surface area contributed by atoms with Crippen molar-refractivity contribution < 1.29 is 17.6 Å². The van der Waals surface area contributed by atoms with Crippen molar-refractivity contribution in [3.05, 3.63) is 30.2 Å². The maximum absolute atomic E-state index is 12.0. The van der Waals surface area contributed by atoms with E-state index in [0.717, 1.165) is 5.52 Å². The molecule has 0 N–H and O–H groups in total. The number of carbonyl (C=O) groups is 1. The van der Waals surface area contributed by atoms with Crippen molar-refractivity contribution in [2.24, 2.45) is 0 Å². The van der Waals surface area contributed by atoms with Crippen LogP contribution < -0.4 is 0 Å². The van der Waals surface area contributed by atoms with Gasteiger partial charge in [0.15, 0.2) is 11.5 Å². The Hall–Kier alpha value is -1.89. The van der Waals surface area contributed by atoms with Crippen molar-refractivity contribution in [2.75, 3.05) is 25.6 Å². The highest BCUT2D eigenvalue weighted by atomic mass is 32.2. The topological polar surface area (TPSA) is 80.5 Å². The third-order valence-electron chi connectivity index (χ3n) is 3.53. The molecule has 6 nitrogen and oxygen atoms in total. The number of aryl methyl sites for hydroxylation is 1. The summed E-state index contributed by atoms with van der Waals surface area (Å²) in [5.74, 6) is 0.637. The van der Waals surface area contributed by atoms with Gasteiger partial charge >= 0.3 is 0 Å². The van der Waals surface area contributed by atoms with Crippen LogP contribution in [0, 0.1) is 0 Å².